The smallest absolute Gasteiger partial charge is 0.264 e. The fourth-order valence-electron chi connectivity index (χ4n) is 4.27. The molecule has 0 fully saturated rings. The summed E-state index contributed by atoms with van der Waals surface area (Å²) in [6, 6.07) is 17.3. The lowest BCUT2D eigenvalue weighted by Crippen LogP contribution is -2.52. The van der Waals surface area contributed by atoms with Crippen LogP contribution in [0, 0.1) is 11.7 Å². The van der Waals surface area contributed by atoms with Crippen LogP contribution in [-0.2, 0) is 26.2 Å². The Morgan fingerprint density at radius 3 is 2.12 bits per heavy atom. The van der Waals surface area contributed by atoms with Gasteiger partial charge in [-0.05, 0) is 85.5 Å². The molecule has 3 aromatic carbocycles. The number of carbonyl (C=O) groups is 2. The van der Waals surface area contributed by atoms with Gasteiger partial charge in [0.15, 0.2) is 0 Å². The second-order valence-corrected chi connectivity index (χ2v) is 12.9. The zero-order chi connectivity index (χ0) is 30.9. The van der Waals surface area contributed by atoms with E-state index in [4.69, 9.17) is 4.74 Å². The Bertz CT molecular complexity index is 1430. The second kappa shape index (κ2) is 15.2. The third kappa shape index (κ3) is 8.78. The predicted octanol–water partition coefficient (Wildman–Crippen LogP) is 5.76. The lowest BCUT2D eigenvalue weighted by molar-refractivity contribution is -0.140. The minimum Gasteiger partial charge on any atom is -0.494 e. The molecule has 11 heteroatoms. The van der Waals surface area contributed by atoms with E-state index in [1.807, 2.05) is 20.8 Å². The molecular formula is C31H37BrFN3O5S. The Morgan fingerprint density at radius 2 is 1.57 bits per heavy atom. The molecule has 3 aromatic rings. The molecule has 1 atom stereocenters. The Balaban J connectivity index is 2.04. The van der Waals surface area contributed by atoms with E-state index in [2.05, 4.69) is 21.2 Å². The van der Waals surface area contributed by atoms with Gasteiger partial charge in [-0.3, -0.25) is 13.9 Å². The maximum atomic E-state index is 14.1. The van der Waals surface area contributed by atoms with Gasteiger partial charge in [-0.15, -0.1) is 0 Å². The highest BCUT2D eigenvalue weighted by atomic mass is 79.9. The van der Waals surface area contributed by atoms with Crippen LogP contribution in [0.15, 0.2) is 82.2 Å². The first kappa shape index (κ1) is 33.1. The largest absolute Gasteiger partial charge is 0.494 e. The summed E-state index contributed by atoms with van der Waals surface area (Å²) in [4.78, 5) is 28.7. The van der Waals surface area contributed by atoms with Crippen molar-refractivity contribution in [1.29, 1.82) is 0 Å². The lowest BCUT2D eigenvalue weighted by Gasteiger charge is -2.33. The Morgan fingerprint density at radius 1 is 0.952 bits per heavy atom. The summed E-state index contributed by atoms with van der Waals surface area (Å²) in [5, 5.41) is 2.88. The van der Waals surface area contributed by atoms with Crippen LogP contribution in [0.25, 0.3) is 0 Å². The van der Waals surface area contributed by atoms with E-state index in [9.17, 15) is 22.4 Å². The van der Waals surface area contributed by atoms with Crippen LogP contribution in [0.1, 0.15) is 39.7 Å². The number of ether oxygens (including phenoxy) is 1. The van der Waals surface area contributed by atoms with Crippen LogP contribution in [0.2, 0.25) is 0 Å². The van der Waals surface area contributed by atoms with Crippen molar-refractivity contribution >= 4 is 43.5 Å². The molecule has 226 valence electrons. The minimum atomic E-state index is -4.20. The fraction of sp³-hybridized carbons (Fsp3) is 0.355. The molecule has 0 aliphatic carbocycles. The van der Waals surface area contributed by atoms with Crippen molar-refractivity contribution in [3.63, 3.8) is 0 Å². The molecule has 0 aliphatic rings. The number of nitrogens with one attached hydrogen (secondary N) is 1. The molecule has 3 rings (SSSR count). The Labute approximate surface area is 256 Å². The van der Waals surface area contributed by atoms with Crippen molar-refractivity contribution < 1.29 is 27.1 Å². The number of carbonyl (C=O) groups excluding carboxylic acids is 2. The van der Waals surface area contributed by atoms with Crippen molar-refractivity contribution in [3.05, 3.63) is 88.6 Å². The fourth-order valence-corrected chi connectivity index (χ4v) is 5.94. The van der Waals surface area contributed by atoms with Gasteiger partial charge in [-0.25, -0.2) is 12.8 Å². The number of hydrogen-bond donors (Lipinski definition) is 1. The number of amides is 2. The zero-order valence-corrected chi connectivity index (χ0v) is 26.6. The number of benzene rings is 3. The molecule has 0 saturated carbocycles. The van der Waals surface area contributed by atoms with E-state index in [1.165, 1.54) is 41.3 Å². The lowest BCUT2D eigenvalue weighted by atomic mass is 10.1. The number of hydrogen-bond acceptors (Lipinski definition) is 5. The number of anilines is 1. The monoisotopic (exact) mass is 661 g/mol. The van der Waals surface area contributed by atoms with E-state index in [-0.39, 0.29) is 29.0 Å². The molecule has 0 saturated heterocycles. The topological polar surface area (TPSA) is 96.0 Å². The summed E-state index contributed by atoms with van der Waals surface area (Å²) < 4.78 is 48.8. The predicted molar refractivity (Wildman–Crippen MR) is 165 cm³/mol. The van der Waals surface area contributed by atoms with Crippen LogP contribution in [0.3, 0.4) is 0 Å². The summed E-state index contributed by atoms with van der Waals surface area (Å²) in [5.41, 5.74) is 0.858. The maximum Gasteiger partial charge on any atom is 0.264 e. The normalized spacial score (nSPS) is 12.1. The summed E-state index contributed by atoms with van der Waals surface area (Å²) >= 11 is 3.33. The summed E-state index contributed by atoms with van der Waals surface area (Å²) in [7, 11) is -4.20. The van der Waals surface area contributed by atoms with E-state index in [1.54, 1.807) is 43.3 Å². The molecule has 42 heavy (non-hydrogen) atoms. The molecule has 1 unspecified atom stereocenters. The van der Waals surface area contributed by atoms with Crippen LogP contribution in [0.5, 0.6) is 5.75 Å². The average Bonchev–Trinajstić information content (AvgIpc) is 2.96. The second-order valence-electron chi connectivity index (χ2n) is 10.1. The molecule has 0 radical (unpaired) electrons. The molecular weight excluding hydrogens is 625 g/mol. The van der Waals surface area contributed by atoms with Crippen molar-refractivity contribution in [3.8, 4) is 5.75 Å². The van der Waals surface area contributed by atoms with Gasteiger partial charge in [0, 0.05) is 17.6 Å². The molecule has 8 nitrogen and oxygen atoms in total. The van der Waals surface area contributed by atoms with Crippen LogP contribution in [-0.4, -0.2) is 50.9 Å². The Hall–Kier alpha value is -3.44. The molecule has 0 heterocycles. The van der Waals surface area contributed by atoms with Gasteiger partial charge in [-0.2, -0.15) is 0 Å². The van der Waals surface area contributed by atoms with Gasteiger partial charge in [0.05, 0.1) is 17.2 Å². The summed E-state index contributed by atoms with van der Waals surface area (Å²) in [6.07, 6.45) is 0.291. The number of sulfonamides is 1. The highest BCUT2D eigenvalue weighted by Crippen LogP contribution is 2.27. The first-order valence-corrected chi connectivity index (χ1v) is 16.0. The summed E-state index contributed by atoms with van der Waals surface area (Å²) in [5.74, 6) is -0.607. The van der Waals surface area contributed by atoms with E-state index >= 15 is 0 Å². The van der Waals surface area contributed by atoms with Crippen molar-refractivity contribution in [1.82, 2.24) is 10.2 Å². The molecule has 0 spiro atoms. The highest BCUT2D eigenvalue weighted by Gasteiger charge is 2.33. The SMILES string of the molecule is CCOc1ccc(N(CC(=O)N(Cc2ccc(F)cc2)C(CC)C(=O)NCC(C)C)S(=O)(=O)c2ccc(Br)cc2)cc1. The first-order valence-electron chi connectivity index (χ1n) is 13.8. The van der Waals surface area contributed by atoms with Gasteiger partial charge in [0.2, 0.25) is 11.8 Å². The van der Waals surface area contributed by atoms with Crippen molar-refractivity contribution in [2.75, 3.05) is 24.0 Å². The highest BCUT2D eigenvalue weighted by molar-refractivity contribution is 9.10. The molecule has 0 aliphatic heterocycles. The minimum absolute atomic E-state index is 0.000753. The van der Waals surface area contributed by atoms with Crippen molar-refractivity contribution in [2.45, 2.75) is 51.6 Å². The van der Waals surface area contributed by atoms with Gasteiger partial charge in [0.25, 0.3) is 10.0 Å². The Kier molecular flexibility index (Phi) is 11.9. The molecule has 1 N–H and O–H groups in total. The van der Waals surface area contributed by atoms with Crippen LogP contribution >= 0.6 is 15.9 Å². The van der Waals surface area contributed by atoms with Gasteiger partial charge in [0.1, 0.15) is 24.2 Å². The number of nitrogens with zero attached hydrogens (tertiary/aromatic N) is 2. The average molecular weight is 663 g/mol. The van der Waals surface area contributed by atoms with Gasteiger partial charge >= 0.3 is 0 Å². The van der Waals surface area contributed by atoms with Crippen LogP contribution in [0.4, 0.5) is 10.1 Å². The number of rotatable bonds is 14. The molecule has 2 amide bonds. The zero-order valence-electron chi connectivity index (χ0n) is 24.2. The molecule has 0 aromatic heterocycles. The standard InChI is InChI=1S/C31H37BrFN3O5S/c1-5-29(31(38)34-19-22(3)4)35(20-23-7-11-25(33)12-8-23)30(37)21-36(26-13-15-27(16-14-26)41-6-2)42(39,40)28-17-9-24(32)10-18-28/h7-18,22,29H,5-6,19-21H2,1-4H3,(H,34,38). The maximum absolute atomic E-state index is 14.1. The molecule has 0 bridgehead atoms. The third-order valence-corrected chi connectivity index (χ3v) is 8.77. The van der Waals surface area contributed by atoms with E-state index in [0.717, 1.165) is 4.31 Å². The van der Waals surface area contributed by atoms with E-state index < -0.39 is 34.3 Å². The third-order valence-electron chi connectivity index (χ3n) is 6.45. The van der Waals surface area contributed by atoms with Gasteiger partial charge in [-0.1, -0.05) is 48.8 Å². The quantitative estimate of drug-likeness (QED) is 0.237. The van der Waals surface area contributed by atoms with Gasteiger partial charge < -0.3 is 15.0 Å². The van der Waals surface area contributed by atoms with Crippen LogP contribution < -0.4 is 14.4 Å². The number of halogens is 2. The van der Waals surface area contributed by atoms with E-state index in [0.29, 0.717) is 35.4 Å². The summed E-state index contributed by atoms with van der Waals surface area (Å²) in [6.45, 7) is 7.83. The first-order chi connectivity index (χ1) is 20.0. The van der Waals surface area contributed by atoms with Crippen molar-refractivity contribution in [2.24, 2.45) is 5.92 Å².